The molecule has 30 heavy (non-hydrogen) atoms. The third-order valence-corrected chi connectivity index (χ3v) is 7.21. The quantitative estimate of drug-likeness (QED) is 0.460. The molecule has 0 aliphatic heterocycles. The van der Waals surface area contributed by atoms with Crippen LogP contribution in [0.25, 0.3) is 0 Å². The lowest BCUT2D eigenvalue weighted by molar-refractivity contribution is 0.0862. The Morgan fingerprint density at radius 3 is 2.77 bits per heavy atom. The lowest BCUT2D eigenvalue weighted by atomic mass is 9.62. The van der Waals surface area contributed by atoms with Crippen molar-refractivity contribution in [1.29, 1.82) is 0 Å². The molecule has 0 aromatic heterocycles. The number of hydrogen-bond acceptors (Lipinski definition) is 3. The molecule has 0 heterocycles. The molecule has 164 valence electrons. The molecule has 3 aliphatic rings. The Morgan fingerprint density at radius 1 is 1.33 bits per heavy atom. The van der Waals surface area contributed by atoms with Crippen molar-refractivity contribution in [3.05, 3.63) is 47.1 Å². The van der Waals surface area contributed by atoms with Gasteiger partial charge in [-0.2, -0.15) is 0 Å². The third-order valence-electron chi connectivity index (χ3n) is 7.21. The van der Waals surface area contributed by atoms with E-state index < -0.39 is 17.8 Å². The maximum Gasteiger partial charge on any atom is 0.119 e. The van der Waals surface area contributed by atoms with Crippen LogP contribution in [0.1, 0.15) is 72.6 Å². The molecule has 3 N–H and O–H groups in total. The van der Waals surface area contributed by atoms with Gasteiger partial charge in [-0.05, 0) is 74.3 Å². The van der Waals surface area contributed by atoms with Crippen molar-refractivity contribution in [2.75, 3.05) is 0 Å². The normalized spacial score (nSPS) is 35.6. The topological polar surface area (TPSA) is 60.7 Å². The van der Waals surface area contributed by atoms with Crippen LogP contribution in [0.2, 0.25) is 0 Å². The Hall–Kier alpha value is -1.60. The standard InChI is InChI=1S/C27H38O3/c1-18(8-6-14-26(3,4)30)23-12-13-24-20(9-7-15-27(23,24)5)10-11-21-16-22(28)17-25(29)19(21)2/h10-12,18,22,24-25,28-30H,2,7-9,13,15-17H2,1,3-5H3/b20-10-,21-11-/t18-,22-,24+,25?,27-/m1/s1. The molecule has 3 aliphatic carbocycles. The first-order chi connectivity index (χ1) is 14.0. The van der Waals surface area contributed by atoms with E-state index in [2.05, 4.69) is 50.5 Å². The maximum absolute atomic E-state index is 10.1. The molecule has 3 heteroatoms. The molecule has 2 fully saturated rings. The fourth-order valence-electron chi connectivity index (χ4n) is 5.61. The Balaban J connectivity index is 1.76. The van der Waals surface area contributed by atoms with Gasteiger partial charge in [0.1, 0.15) is 5.60 Å². The van der Waals surface area contributed by atoms with E-state index in [4.69, 9.17) is 0 Å². The minimum Gasteiger partial charge on any atom is -0.393 e. The smallest absolute Gasteiger partial charge is 0.119 e. The van der Waals surface area contributed by atoms with Gasteiger partial charge in [0.25, 0.3) is 0 Å². The zero-order valence-corrected chi connectivity index (χ0v) is 19.0. The van der Waals surface area contributed by atoms with E-state index in [1.54, 1.807) is 13.8 Å². The molecule has 0 aromatic rings. The first-order valence-corrected chi connectivity index (χ1v) is 11.4. The molecule has 3 nitrogen and oxygen atoms in total. The van der Waals surface area contributed by atoms with Crippen molar-refractivity contribution in [3.63, 3.8) is 0 Å². The lowest BCUT2D eigenvalue weighted by Crippen LogP contribution is -2.32. The lowest BCUT2D eigenvalue weighted by Gasteiger charge is -2.42. The number of allylic oxidation sites excluding steroid dienone is 5. The first kappa shape index (κ1) is 23.1. The van der Waals surface area contributed by atoms with Gasteiger partial charge in [0, 0.05) is 12.8 Å². The van der Waals surface area contributed by atoms with E-state index in [9.17, 15) is 15.3 Å². The molecule has 0 bridgehead atoms. The largest absolute Gasteiger partial charge is 0.393 e. The van der Waals surface area contributed by atoms with Gasteiger partial charge in [-0.15, -0.1) is 0 Å². The maximum atomic E-state index is 10.1. The molecule has 5 atom stereocenters. The Kier molecular flexibility index (Phi) is 6.82. The Morgan fingerprint density at radius 2 is 2.07 bits per heavy atom. The van der Waals surface area contributed by atoms with Gasteiger partial charge in [0.15, 0.2) is 0 Å². The Labute approximate surface area is 182 Å². The molecule has 0 saturated heterocycles. The molecule has 1 unspecified atom stereocenters. The minimum atomic E-state index is -0.936. The summed E-state index contributed by atoms with van der Waals surface area (Å²) in [7, 11) is 0. The SMILES string of the molecule is C=C1/C(=C\C=C2\CCC[C@]3(C)C([C@H](C)CC#CC(C)(C)O)=CC[C@@H]23)C[C@@H](O)CC1O. The summed E-state index contributed by atoms with van der Waals surface area (Å²) in [4.78, 5) is 0. The van der Waals surface area contributed by atoms with E-state index in [1.165, 1.54) is 24.0 Å². The summed E-state index contributed by atoms with van der Waals surface area (Å²) in [6.45, 7) is 12.1. The van der Waals surface area contributed by atoms with Crippen molar-refractivity contribution in [3.8, 4) is 11.8 Å². The summed E-state index contributed by atoms with van der Waals surface area (Å²) >= 11 is 0. The number of fused-ring (bicyclic) bond motifs is 1. The van der Waals surface area contributed by atoms with Crippen LogP contribution < -0.4 is 0 Å². The number of aliphatic hydroxyl groups is 3. The molecule has 0 spiro atoms. The van der Waals surface area contributed by atoms with Gasteiger partial charge in [-0.1, -0.05) is 61.6 Å². The molecule has 0 radical (unpaired) electrons. The van der Waals surface area contributed by atoms with Gasteiger partial charge in [0.2, 0.25) is 0 Å². The van der Waals surface area contributed by atoms with Crippen LogP contribution in [0.5, 0.6) is 0 Å². The van der Waals surface area contributed by atoms with Crippen molar-refractivity contribution >= 4 is 0 Å². The van der Waals surface area contributed by atoms with Gasteiger partial charge in [0.05, 0.1) is 12.2 Å². The fraction of sp³-hybridized carbons (Fsp3) is 0.630. The minimum absolute atomic E-state index is 0.168. The molecule has 0 amide bonds. The van der Waals surface area contributed by atoms with Gasteiger partial charge in [-0.3, -0.25) is 0 Å². The average Bonchev–Trinajstić information content (AvgIpc) is 3.00. The van der Waals surface area contributed by atoms with Gasteiger partial charge >= 0.3 is 0 Å². The molecule has 3 rings (SSSR count). The van der Waals surface area contributed by atoms with Crippen LogP contribution in [0, 0.1) is 29.1 Å². The molecular formula is C27H38O3. The summed E-state index contributed by atoms with van der Waals surface area (Å²) in [5.41, 5.74) is 3.95. The summed E-state index contributed by atoms with van der Waals surface area (Å²) in [5, 5.41) is 30.0. The summed E-state index contributed by atoms with van der Waals surface area (Å²) < 4.78 is 0. The highest BCUT2D eigenvalue weighted by atomic mass is 16.3. The first-order valence-electron chi connectivity index (χ1n) is 11.4. The number of aliphatic hydroxyl groups excluding tert-OH is 2. The molecular weight excluding hydrogens is 372 g/mol. The van der Waals surface area contributed by atoms with Crippen LogP contribution in [0.3, 0.4) is 0 Å². The van der Waals surface area contributed by atoms with Crippen LogP contribution in [-0.4, -0.2) is 33.1 Å². The predicted molar refractivity (Wildman–Crippen MR) is 123 cm³/mol. The zero-order chi connectivity index (χ0) is 22.1. The van der Waals surface area contributed by atoms with Crippen molar-refractivity contribution in [1.82, 2.24) is 0 Å². The summed E-state index contributed by atoms with van der Waals surface area (Å²) in [6, 6.07) is 0. The van der Waals surface area contributed by atoms with Crippen LogP contribution >= 0.6 is 0 Å². The van der Waals surface area contributed by atoms with Crippen molar-refractivity contribution < 1.29 is 15.3 Å². The second-order valence-corrected chi connectivity index (χ2v) is 10.3. The van der Waals surface area contributed by atoms with Crippen LogP contribution in [0.4, 0.5) is 0 Å². The van der Waals surface area contributed by atoms with Gasteiger partial charge in [-0.25, -0.2) is 0 Å². The van der Waals surface area contributed by atoms with Crippen molar-refractivity contribution in [2.24, 2.45) is 17.3 Å². The number of hydrogen-bond donors (Lipinski definition) is 3. The number of rotatable bonds is 3. The summed E-state index contributed by atoms with van der Waals surface area (Å²) in [5.74, 6) is 7.03. The summed E-state index contributed by atoms with van der Waals surface area (Å²) in [6.07, 6.45) is 11.9. The highest BCUT2D eigenvalue weighted by Crippen LogP contribution is 2.56. The van der Waals surface area contributed by atoms with E-state index in [0.29, 0.717) is 24.7 Å². The van der Waals surface area contributed by atoms with E-state index >= 15 is 0 Å². The van der Waals surface area contributed by atoms with E-state index in [-0.39, 0.29) is 5.41 Å². The molecule has 2 saturated carbocycles. The average molecular weight is 411 g/mol. The van der Waals surface area contributed by atoms with Crippen LogP contribution in [0.15, 0.2) is 47.1 Å². The monoisotopic (exact) mass is 410 g/mol. The van der Waals surface area contributed by atoms with Gasteiger partial charge < -0.3 is 15.3 Å². The van der Waals surface area contributed by atoms with Crippen molar-refractivity contribution in [2.45, 2.75) is 90.4 Å². The fourth-order valence-corrected chi connectivity index (χ4v) is 5.61. The van der Waals surface area contributed by atoms with E-state index in [1.807, 2.05) is 0 Å². The van der Waals surface area contributed by atoms with Crippen LogP contribution in [-0.2, 0) is 0 Å². The predicted octanol–water partition coefficient (Wildman–Crippen LogP) is 4.85. The highest BCUT2D eigenvalue weighted by molar-refractivity contribution is 5.40. The second kappa shape index (κ2) is 8.87. The highest BCUT2D eigenvalue weighted by Gasteiger charge is 2.45. The zero-order valence-electron chi connectivity index (χ0n) is 19.0. The third kappa shape index (κ3) is 4.99. The van der Waals surface area contributed by atoms with E-state index in [0.717, 1.165) is 30.4 Å². The second-order valence-electron chi connectivity index (χ2n) is 10.3. The molecule has 0 aromatic carbocycles. The Bertz CT molecular complexity index is 826.